The molecular formula is C20H14O8. The van der Waals surface area contributed by atoms with E-state index in [4.69, 9.17) is 20.4 Å². The van der Waals surface area contributed by atoms with Gasteiger partial charge >= 0.3 is 23.9 Å². The molecule has 0 bridgehead atoms. The van der Waals surface area contributed by atoms with Gasteiger partial charge in [0.15, 0.2) is 0 Å². The number of carbonyl (C=O) groups is 4. The van der Waals surface area contributed by atoms with Gasteiger partial charge in [-0.3, -0.25) is 0 Å². The third kappa shape index (κ3) is 4.31. The summed E-state index contributed by atoms with van der Waals surface area (Å²) in [7, 11) is 0. The molecule has 28 heavy (non-hydrogen) atoms. The summed E-state index contributed by atoms with van der Waals surface area (Å²) < 4.78 is 0. The van der Waals surface area contributed by atoms with Crippen molar-refractivity contribution in [1.29, 1.82) is 0 Å². The van der Waals surface area contributed by atoms with Crippen LogP contribution < -0.4 is 0 Å². The fraction of sp³-hybridized carbons (Fsp3) is 0. The Kier molecular flexibility index (Phi) is 6.07. The molecule has 0 atom stereocenters. The molecule has 0 radical (unpaired) electrons. The molecule has 0 unspecified atom stereocenters. The molecule has 0 heterocycles. The molecule has 8 nitrogen and oxygen atoms in total. The number of fused-ring (bicyclic) bond motifs is 1. The Bertz CT molecular complexity index is 1050. The van der Waals surface area contributed by atoms with Crippen LogP contribution in [0.15, 0.2) is 60.7 Å². The standard InChI is InChI=1S/C12H8O4.C8H6O4/c13-11(14)9-6-5-7-3-1-2-4-8(7)10(9)12(15)16;9-7(10)5-3-1-2-4-6(5)8(11)12/h1-6H,(H,13,14)(H,15,16);1-4H,(H,9,10)(H,11,12). The summed E-state index contributed by atoms with van der Waals surface area (Å²) in [5.74, 6) is -4.92. The Morgan fingerprint density at radius 1 is 0.500 bits per heavy atom. The van der Waals surface area contributed by atoms with Crippen LogP contribution in [-0.4, -0.2) is 44.3 Å². The maximum Gasteiger partial charge on any atom is 0.337 e. The smallest absolute Gasteiger partial charge is 0.337 e. The highest BCUT2D eigenvalue weighted by molar-refractivity contribution is 6.11. The van der Waals surface area contributed by atoms with Crippen molar-refractivity contribution in [3.63, 3.8) is 0 Å². The SMILES string of the molecule is O=C(O)c1ccc2ccccc2c1C(=O)O.O=C(O)c1ccccc1C(=O)O. The first-order valence-electron chi connectivity index (χ1n) is 7.78. The van der Waals surface area contributed by atoms with Gasteiger partial charge in [0.2, 0.25) is 0 Å². The molecule has 142 valence electrons. The fourth-order valence-corrected chi connectivity index (χ4v) is 2.54. The predicted octanol–water partition coefficient (Wildman–Crippen LogP) is 3.32. The average molecular weight is 382 g/mol. The molecule has 0 aromatic heterocycles. The number of aromatic carboxylic acids is 4. The first-order chi connectivity index (χ1) is 13.2. The second-order valence-corrected chi connectivity index (χ2v) is 5.48. The maximum atomic E-state index is 11.1. The quantitative estimate of drug-likeness (QED) is 0.537. The first kappa shape index (κ1) is 20.1. The normalized spacial score (nSPS) is 9.86. The lowest BCUT2D eigenvalue weighted by molar-refractivity contribution is 0.0651. The summed E-state index contributed by atoms with van der Waals surface area (Å²) in [6.07, 6.45) is 0. The minimum atomic E-state index is -1.23. The Balaban J connectivity index is 0.000000209. The molecule has 0 saturated carbocycles. The van der Waals surface area contributed by atoms with Crippen LogP contribution in [0.4, 0.5) is 0 Å². The molecule has 4 N–H and O–H groups in total. The lowest BCUT2D eigenvalue weighted by Crippen LogP contribution is -2.08. The third-order valence-corrected chi connectivity index (χ3v) is 3.76. The number of carboxylic acid groups (broad SMARTS) is 4. The molecule has 0 aliphatic rings. The molecule has 0 fully saturated rings. The molecule has 3 rings (SSSR count). The second kappa shape index (κ2) is 8.45. The van der Waals surface area contributed by atoms with Crippen molar-refractivity contribution in [3.05, 3.63) is 82.9 Å². The van der Waals surface area contributed by atoms with Crippen LogP contribution in [0.2, 0.25) is 0 Å². The summed E-state index contributed by atoms with van der Waals surface area (Å²) in [5, 5.41) is 36.2. The summed E-state index contributed by atoms with van der Waals surface area (Å²) in [4.78, 5) is 42.9. The highest BCUT2D eigenvalue weighted by Crippen LogP contribution is 2.22. The Labute approximate surface area is 157 Å². The van der Waals surface area contributed by atoms with E-state index in [1.807, 2.05) is 0 Å². The molecule has 0 spiro atoms. The monoisotopic (exact) mass is 382 g/mol. The fourth-order valence-electron chi connectivity index (χ4n) is 2.54. The zero-order valence-electron chi connectivity index (χ0n) is 14.2. The van der Waals surface area contributed by atoms with E-state index in [9.17, 15) is 19.2 Å². The highest BCUT2D eigenvalue weighted by atomic mass is 16.4. The third-order valence-electron chi connectivity index (χ3n) is 3.76. The zero-order chi connectivity index (χ0) is 20.8. The van der Waals surface area contributed by atoms with Crippen molar-refractivity contribution in [3.8, 4) is 0 Å². The largest absolute Gasteiger partial charge is 0.478 e. The van der Waals surface area contributed by atoms with E-state index in [2.05, 4.69) is 0 Å². The number of hydrogen-bond donors (Lipinski definition) is 4. The van der Waals surface area contributed by atoms with Crippen LogP contribution in [-0.2, 0) is 0 Å². The van der Waals surface area contributed by atoms with Crippen molar-refractivity contribution < 1.29 is 39.6 Å². The van der Waals surface area contributed by atoms with Crippen molar-refractivity contribution in [2.24, 2.45) is 0 Å². The van der Waals surface area contributed by atoms with Crippen LogP contribution >= 0.6 is 0 Å². The summed E-state index contributed by atoms with van der Waals surface area (Å²) in [6, 6.07) is 15.2. The van der Waals surface area contributed by atoms with Crippen LogP contribution in [0.5, 0.6) is 0 Å². The van der Waals surface area contributed by atoms with E-state index >= 15 is 0 Å². The van der Waals surface area contributed by atoms with Gasteiger partial charge < -0.3 is 20.4 Å². The van der Waals surface area contributed by atoms with E-state index in [-0.39, 0.29) is 22.3 Å². The van der Waals surface area contributed by atoms with Crippen molar-refractivity contribution in [2.45, 2.75) is 0 Å². The van der Waals surface area contributed by atoms with E-state index < -0.39 is 23.9 Å². The average Bonchev–Trinajstić information content (AvgIpc) is 2.67. The lowest BCUT2D eigenvalue weighted by atomic mass is 9.99. The summed E-state index contributed by atoms with van der Waals surface area (Å²) in [5.41, 5.74) is -0.730. The molecule has 0 aliphatic carbocycles. The van der Waals surface area contributed by atoms with Gasteiger partial charge in [0.1, 0.15) is 0 Å². The van der Waals surface area contributed by atoms with Crippen LogP contribution in [0.1, 0.15) is 41.4 Å². The lowest BCUT2D eigenvalue weighted by Gasteiger charge is -2.05. The zero-order valence-corrected chi connectivity index (χ0v) is 14.2. The van der Waals surface area contributed by atoms with Gasteiger partial charge in [0.25, 0.3) is 0 Å². The molecule has 0 aliphatic heterocycles. The van der Waals surface area contributed by atoms with E-state index in [1.165, 1.54) is 30.3 Å². The topological polar surface area (TPSA) is 149 Å². The number of carboxylic acids is 4. The van der Waals surface area contributed by atoms with Gasteiger partial charge in [-0.25, -0.2) is 19.2 Å². The first-order valence-corrected chi connectivity index (χ1v) is 7.78. The number of rotatable bonds is 4. The second-order valence-electron chi connectivity index (χ2n) is 5.48. The van der Waals surface area contributed by atoms with Gasteiger partial charge in [0, 0.05) is 0 Å². The molecule has 0 saturated heterocycles. The van der Waals surface area contributed by atoms with E-state index in [0.29, 0.717) is 10.8 Å². The van der Waals surface area contributed by atoms with Crippen LogP contribution in [0.3, 0.4) is 0 Å². The van der Waals surface area contributed by atoms with Crippen molar-refractivity contribution >= 4 is 34.6 Å². The Morgan fingerprint density at radius 2 is 0.964 bits per heavy atom. The Morgan fingerprint density at radius 3 is 1.43 bits per heavy atom. The molecule has 0 amide bonds. The van der Waals surface area contributed by atoms with Gasteiger partial charge in [-0.05, 0) is 29.0 Å². The molecule has 3 aromatic rings. The summed E-state index contributed by atoms with van der Waals surface area (Å²) in [6.45, 7) is 0. The minimum absolute atomic E-state index is 0.161. The van der Waals surface area contributed by atoms with Crippen molar-refractivity contribution in [2.75, 3.05) is 0 Å². The van der Waals surface area contributed by atoms with Crippen LogP contribution in [0, 0.1) is 0 Å². The maximum absolute atomic E-state index is 11.1. The van der Waals surface area contributed by atoms with Gasteiger partial charge in [-0.1, -0.05) is 42.5 Å². The van der Waals surface area contributed by atoms with Gasteiger partial charge in [-0.2, -0.15) is 0 Å². The van der Waals surface area contributed by atoms with Gasteiger partial charge in [-0.15, -0.1) is 0 Å². The van der Waals surface area contributed by atoms with Crippen LogP contribution in [0.25, 0.3) is 10.8 Å². The number of benzene rings is 3. The van der Waals surface area contributed by atoms with Crippen molar-refractivity contribution in [1.82, 2.24) is 0 Å². The molecule has 3 aromatic carbocycles. The van der Waals surface area contributed by atoms with Gasteiger partial charge in [0.05, 0.1) is 22.3 Å². The molecular weight excluding hydrogens is 368 g/mol. The number of hydrogen-bond acceptors (Lipinski definition) is 4. The summed E-state index contributed by atoms with van der Waals surface area (Å²) >= 11 is 0. The van der Waals surface area contributed by atoms with E-state index in [1.54, 1.807) is 30.3 Å². The predicted molar refractivity (Wildman–Crippen MR) is 98.2 cm³/mol. The minimum Gasteiger partial charge on any atom is -0.478 e. The molecule has 8 heteroatoms. The van der Waals surface area contributed by atoms with E-state index in [0.717, 1.165) is 0 Å². The highest BCUT2D eigenvalue weighted by Gasteiger charge is 2.18. The Hall–Kier alpha value is -4.20.